The predicted octanol–water partition coefficient (Wildman–Crippen LogP) is 4.24. The topological polar surface area (TPSA) is 91.4 Å². The fraction of sp³-hybridized carbons (Fsp3) is 0.286. The lowest BCUT2D eigenvalue weighted by Crippen LogP contribution is -2.36. The highest BCUT2D eigenvalue weighted by Crippen LogP contribution is 2.37. The average molecular weight is 479 g/mol. The van der Waals surface area contributed by atoms with Crippen molar-refractivity contribution >= 4 is 45.4 Å². The third kappa shape index (κ3) is 5.34. The molecule has 0 bridgehead atoms. The summed E-state index contributed by atoms with van der Waals surface area (Å²) >= 11 is 1.10. The Hall–Kier alpha value is -3.38. The first kappa shape index (κ1) is 22.8. The maximum absolute atomic E-state index is 13.6. The Kier molecular flexibility index (Phi) is 6.65. The number of carbonyl (C=O) groups is 1. The number of halogens is 3. The molecule has 1 aliphatic rings. The standard InChI is InChI=1S/C21H21F3N6O2S/c1-25-18(31)15-5-10-33-19(15)28-17-16(21(22,23)24)12-26-20(29-17)27-13-3-2-4-14(11-13)30-6-8-32-9-7-30/h2-5,10-12H,6-9H2,1H3,(H,25,31)(H2,26,27,28,29). The number of alkyl halides is 3. The summed E-state index contributed by atoms with van der Waals surface area (Å²) in [6.07, 6.45) is -3.96. The molecule has 3 N–H and O–H groups in total. The van der Waals surface area contributed by atoms with Gasteiger partial charge in [0.25, 0.3) is 5.91 Å². The molecule has 1 amide bonds. The highest BCUT2D eigenvalue weighted by atomic mass is 32.1. The quantitative estimate of drug-likeness (QED) is 0.488. The van der Waals surface area contributed by atoms with E-state index < -0.39 is 23.5 Å². The van der Waals surface area contributed by atoms with Gasteiger partial charge in [0.15, 0.2) is 0 Å². The third-order valence-electron chi connectivity index (χ3n) is 4.94. The van der Waals surface area contributed by atoms with Gasteiger partial charge in [-0.1, -0.05) is 6.07 Å². The SMILES string of the molecule is CNC(=O)c1ccsc1Nc1nc(Nc2cccc(N3CCOCC3)c2)ncc1C(F)(F)F. The smallest absolute Gasteiger partial charge is 0.378 e. The third-order valence-corrected chi connectivity index (χ3v) is 5.77. The molecule has 33 heavy (non-hydrogen) atoms. The zero-order valence-corrected chi connectivity index (χ0v) is 18.4. The maximum Gasteiger partial charge on any atom is 0.421 e. The molecule has 1 aliphatic heterocycles. The molecular weight excluding hydrogens is 457 g/mol. The number of ether oxygens (including phenoxy) is 1. The van der Waals surface area contributed by atoms with Gasteiger partial charge in [-0.3, -0.25) is 4.79 Å². The molecule has 8 nitrogen and oxygen atoms in total. The van der Waals surface area contributed by atoms with Gasteiger partial charge in [-0.15, -0.1) is 11.3 Å². The van der Waals surface area contributed by atoms with Crippen LogP contribution in [0.25, 0.3) is 0 Å². The Balaban J connectivity index is 1.62. The van der Waals surface area contributed by atoms with Gasteiger partial charge in [-0.25, -0.2) is 4.98 Å². The lowest BCUT2D eigenvalue weighted by molar-refractivity contribution is -0.137. The van der Waals surface area contributed by atoms with Crippen LogP contribution in [0.3, 0.4) is 0 Å². The number of hydrogen-bond acceptors (Lipinski definition) is 8. The monoisotopic (exact) mass is 478 g/mol. The van der Waals surface area contributed by atoms with E-state index in [-0.39, 0.29) is 16.5 Å². The van der Waals surface area contributed by atoms with Crippen LogP contribution in [0.1, 0.15) is 15.9 Å². The Bertz CT molecular complexity index is 1130. The molecule has 0 aliphatic carbocycles. The molecule has 12 heteroatoms. The highest BCUT2D eigenvalue weighted by molar-refractivity contribution is 7.14. The van der Waals surface area contributed by atoms with Gasteiger partial charge in [-0.2, -0.15) is 18.2 Å². The van der Waals surface area contributed by atoms with E-state index in [0.717, 1.165) is 36.3 Å². The molecule has 2 aromatic heterocycles. The summed E-state index contributed by atoms with van der Waals surface area (Å²) in [6.45, 7) is 2.77. The predicted molar refractivity (Wildman–Crippen MR) is 121 cm³/mol. The number of nitrogens with zero attached hydrogens (tertiary/aromatic N) is 3. The van der Waals surface area contributed by atoms with Crippen molar-refractivity contribution < 1.29 is 22.7 Å². The van der Waals surface area contributed by atoms with Gasteiger partial charge < -0.3 is 25.6 Å². The summed E-state index contributed by atoms with van der Waals surface area (Å²) in [5.74, 6) is -0.876. The van der Waals surface area contributed by atoms with E-state index in [1.54, 1.807) is 11.4 Å². The van der Waals surface area contributed by atoms with Crippen LogP contribution in [0, 0.1) is 0 Å². The lowest BCUT2D eigenvalue weighted by Gasteiger charge is -2.29. The minimum atomic E-state index is -4.68. The molecule has 1 saturated heterocycles. The van der Waals surface area contributed by atoms with Crippen molar-refractivity contribution in [3.63, 3.8) is 0 Å². The largest absolute Gasteiger partial charge is 0.421 e. The Morgan fingerprint density at radius 2 is 1.97 bits per heavy atom. The number of benzene rings is 1. The second-order valence-electron chi connectivity index (χ2n) is 7.10. The molecule has 0 unspecified atom stereocenters. The van der Waals surface area contributed by atoms with Crippen molar-refractivity contribution in [1.82, 2.24) is 15.3 Å². The van der Waals surface area contributed by atoms with Crippen LogP contribution in [0.5, 0.6) is 0 Å². The molecular formula is C21H21F3N6O2S. The number of hydrogen-bond donors (Lipinski definition) is 3. The number of carbonyl (C=O) groups excluding carboxylic acids is 1. The summed E-state index contributed by atoms with van der Waals surface area (Å²) in [7, 11) is 1.45. The zero-order valence-electron chi connectivity index (χ0n) is 17.6. The number of nitrogens with one attached hydrogen (secondary N) is 3. The molecule has 0 saturated carbocycles. The summed E-state index contributed by atoms with van der Waals surface area (Å²) in [5.41, 5.74) is 0.780. The Morgan fingerprint density at radius 1 is 1.18 bits per heavy atom. The minimum Gasteiger partial charge on any atom is -0.378 e. The molecule has 3 aromatic rings. The first-order valence-corrected chi connectivity index (χ1v) is 10.9. The normalized spacial score (nSPS) is 14.1. The molecule has 1 fully saturated rings. The molecule has 0 radical (unpaired) electrons. The number of thiophene rings is 1. The lowest BCUT2D eigenvalue weighted by atomic mass is 10.2. The van der Waals surface area contributed by atoms with E-state index in [2.05, 4.69) is 30.8 Å². The van der Waals surface area contributed by atoms with Gasteiger partial charge in [0.2, 0.25) is 5.95 Å². The minimum absolute atomic E-state index is 0.0114. The number of anilines is 5. The molecule has 0 spiro atoms. The van der Waals surface area contributed by atoms with Crippen LogP contribution in [-0.2, 0) is 10.9 Å². The number of aromatic nitrogens is 2. The van der Waals surface area contributed by atoms with E-state index >= 15 is 0 Å². The van der Waals surface area contributed by atoms with Crippen LogP contribution >= 0.6 is 11.3 Å². The number of amides is 1. The Labute approximate surface area is 191 Å². The van der Waals surface area contributed by atoms with Crippen LogP contribution in [0.2, 0.25) is 0 Å². The van der Waals surface area contributed by atoms with Gasteiger partial charge in [0.1, 0.15) is 16.4 Å². The molecule has 4 rings (SSSR count). The van der Waals surface area contributed by atoms with Crippen molar-refractivity contribution in [2.75, 3.05) is 48.9 Å². The Morgan fingerprint density at radius 3 is 2.70 bits per heavy atom. The van der Waals surface area contributed by atoms with E-state index in [4.69, 9.17) is 4.74 Å². The fourth-order valence-electron chi connectivity index (χ4n) is 3.30. The van der Waals surface area contributed by atoms with Crippen LogP contribution < -0.4 is 20.9 Å². The number of morpholine rings is 1. The summed E-state index contributed by atoms with van der Waals surface area (Å²) in [5, 5.41) is 9.94. The van der Waals surface area contributed by atoms with Crippen LogP contribution in [0.4, 0.5) is 41.3 Å². The zero-order chi connectivity index (χ0) is 23.4. The summed E-state index contributed by atoms with van der Waals surface area (Å²) in [6, 6.07) is 8.98. The number of rotatable bonds is 6. The van der Waals surface area contributed by atoms with E-state index in [9.17, 15) is 18.0 Å². The van der Waals surface area contributed by atoms with Crippen LogP contribution in [0.15, 0.2) is 41.9 Å². The van der Waals surface area contributed by atoms with Gasteiger partial charge >= 0.3 is 6.18 Å². The van der Waals surface area contributed by atoms with Crippen LogP contribution in [-0.4, -0.2) is 49.2 Å². The van der Waals surface area contributed by atoms with Crippen molar-refractivity contribution in [3.05, 3.63) is 53.0 Å². The molecule has 3 heterocycles. The second kappa shape index (κ2) is 9.63. The summed E-state index contributed by atoms with van der Waals surface area (Å²) < 4.78 is 46.1. The second-order valence-corrected chi connectivity index (χ2v) is 8.01. The van der Waals surface area contributed by atoms with Crippen molar-refractivity contribution in [2.24, 2.45) is 0 Å². The fourth-order valence-corrected chi connectivity index (χ4v) is 4.09. The van der Waals surface area contributed by atoms with Gasteiger partial charge in [-0.05, 0) is 29.6 Å². The highest BCUT2D eigenvalue weighted by Gasteiger charge is 2.35. The average Bonchev–Trinajstić information content (AvgIpc) is 3.27. The van der Waals surface area contributed by atoms with Crippen molar-refractivity contribution in [2.45, 2.75) is 6.18 Å². The van der Waals surface area contributed by atoms with E-state index in [1.165, 1.54) is 13.1 Å². The van der Waals surface area contributed by atoms with E-state index in [1.807, 2.05) is 18.2 Å². The van der Waals surface area contributed by atoms with Crippen molar-refractivity contribution in [3.8, 4) is 0 Å². The first-order chi connectivity index (χ1) is 15.8. The van der Waals surface area contributed by atoms with Gasteiger partial charge in [0, 0.05) is 37.7 Å². The maximum atomic E-state index is 13.6. The van der Waals surface area contributed by atoms with Crippen molar-refractivity contribution in [1.29, 1.82) is 0 Å². The summed E-state index contributed by atoms with van der Waals surface area (Å²) in [4.78, 5) is 22.1. The van der Waals surface area contributed by atoms with E-state index in [0.29, 0.717) is 18.9 Å². The molecule has 174 valence electrons. The van der Waals surface area contributed by atoms with Gasteiger partial charge in [0.05, 0.1) is 18.8 Å². The first-order valence-electron chi connectivity index (χ1n) is 10.1. The molecule has 1 aromatic carbocycles. The molecule has 0 atom stereocenters.